The first-order valence-corrected chi connectivity index (χ1v) is 13.1. The smallest absolute Gasteiger partial charge is 0.290 e. The van der Waals surface area contributed by atoms with Crippen LogP contribution in [0.3, 0.4) is 0 Å². The maximum Gasteiger partial charge on any atom is 0.290 e. The molecular weight excluding hydrogens is 506 g/mol. The Bertz CT molecular complexity index is 1380. The van der Waals surface area contributed by atoms with Crippen LogP contribution in [0.25, 0.3) is 11.0 Å². The van der Waals surface area contributed by atoms with E-state index in [1.54, 1.807) is 18.2 Å². The number of Topliss-reactive ketones (excluding diaryl/α,β-unsaturated/α-hetero) is 1. The van der Waals surface area contributed by atoms with Crippen molar-refractivity contribution in [3.8, 4) is 5.75 Å². The number of carbonyl (C=O) groups excluding carboxylic acids is 2. The SMILES string of the molecule is COc1cc(Cl)cc2cc(C(=O)C3=C(O)C(=O)N(CCCOC(C)C)C3c3ccc(C(C)(C)C)cc3)oc12. The average molecular weight is 540 g/mol. The van der Waals surface area contributed by atoms with E-state index in [1.807, 2.05) is 38.1 Å². The van der Waals surface area contributed by atoms with E-state index in [2.05, 4.69) is 20.8 Å². The summed E-state index contributed by atoms with van der Waals surface area (Å²) in [5, 5.41) is 12.0. The molecule has 0 saturated carbocycles. The quantitative estimate of drug-likeness (QED) is 0.238. The number of rotatable bonds is 9. The van der Waals surface area contributed by atoms with Crippen LogP contribution in [0.5, 0.6) is 5.75 Å². The number of amides is 1. The summed E-state index contributed by atoms with van der Waals surface area (Å²) >= 11 is 6.19. The van der Waals surface area contributed by atoms with Crippen LogP contribution in [0.1, 0.15) is 68.8 Å². The summed E-state index contributed by atoms with van der Waals surface area (Å²) in [5.41, 5.74) is 2.11. The number of benzene rings is 2. The lowest BCUT2D eigenvalue weighted by molar-refractivity contribution is -0.129. The second-order valence-electron chi connectivity index (χ2n) is 10.8. The van der Waals surface area contributed by atoms with Gasteiger partial charge in [-0.05, 0) is 48.9 Å². The van der Waals surface area contributed by atoms with Gasteiger partial charge in [0.1, 0.15) is 0 Å². The molecule has 1 aromatic heterocycles. The summed E-state index contributed by atoms with van der Waals surface area (Å²) < 4.78 is 16.9. The van der Waals surface area contributed by atoms with E-state index in [0.717, 1.165) is 11.1 Å². The Balaban J connectivity index is 1.75. The minimum Gasteiger partial charge on any atom is -0.503 e. The van der Waals surface area contributed by atoms with Crippen molar-refractivity contribution < 1.29 is 28.6 Å². The highest BCUT2D eigenvalue weighted by Crippen LogP contribution is 2.41. The minimum absolute atomic E-state index is 0.0174. The van der Waals surface area contributed by atoms with Gasteiger partial charge in [-0.15, -0.1) is 0 Å². The molecular formula is C30H34ClNO6. The molecule has 8 heteroatoms. The van der Waals surface area contributed by atoms with E-state index in [9.17, 15) is 14.7 Å². The summed E-state index contributed by atoms with van der Waals surface area (Å²) in [4.78, 5) is 28.6. The van der Waals surface area contributed by atoms with Gasteiger partial charge >= 0.3 is 0 Å². The third-order valence-electron chi connectivity index (χ3n) is 6.63. The van der Waals surface area contributed by atoms with Crippen molar-refractivity contribution in [1.82, 2.24) is 4.90 Å². The fraction of sp³-hybridized carbons (Fsp3) is 0.400. The van der Waals surface area contributed by atoms with Crippen molar-refractivity contribution in [2.45, 2.75) is 58.6 Å². The summed E-state index contributed by atoms with van der Waals surface area (Å²) in [6, 6.07) is 11.8. The van der Waals surface area contributed by atoms with Gasteiger partial charge in [0.05, 0.1) is 24.8 Å². The van der Waals surface area contributed by atoms with Crippen LogP contribution in [-0.4, -0.2) is 48.1 Å². The Morgan fingerprint density at radius 1 is 1.16 bits per heavy atom. The third-order valence-corrected chi connectivity index (χ3v) is 6.84. The molecule has 1 aliphatic rings. The lowest BCUT2D eigenvalue weighted by atomic mass is 9.85. The zero-order valence-electron chi connectivity index (χ0n) is 22.6. The number of ether oxygens (including phenoxy) is 2. The molecule has 0 bridgehead atoms. The van der Waals surface area contributed by atoms with Crippen molar-refractivity contribution in [2.75, 3.05) is 20.3 Å². The van der Waals surface area contributed by atoms with Gasteiger partial charge < -0.3 is 23.9 Å². The number of methoxy groups -OCH3 is 1. The number of nitrogens with zero attached hydrogens (tertiary/aromatic N) is 1. The number of halogens is 1. The van der Waals surface area contributed by atoms with Crippen molar-refractivity contribution in [3.05, 3.63) is 75.7 Å². The first-order chi connectivity index (χ1) is 17.9. The number of furan rings is 1. The lowest BCUT2D eigenvalue weighted by Gasteiger charge is -2.27. The van der Waals surface area contributed by atoms with Gasteiger partial charge in [0.25, 0.3) is 5.91 Å². The molecule has 0 fully saturated rings. The van der Waals surface area contributed by atoms with E-state index >= 15 is 0 Å². The predicted octanol–water partition coefficient (Wildman–Crippen LogP) is 6.79. The maximum absolute atomic E-state index is 13.8. The number of aliphatic hydroxyl groups is 1. The second kappa shape index (κ2) is 10.8. The lowest BCUT2D eigenvalue weighted by Crippen LogP contribution is -2.32. The molecule has 0 spiro atoms. The summed E-state index contributed by atoms with van der Waals surface area (Å²) in [7, 11) is 1.48. The Kier molecular flexibility index (Phi) is 7.90. The van der Waals surface area contributed by atoms with E-state index in [4.69, 9.17) is 25.5 Å². The Morgan fingerprint density at radius 2 is 1.84 bits per heavy atom. The van der Waals surface area contributed by atoms with E-state index < -0.39 is 23.5 Å². The van der Waals surface area contributed by atoms with Crippen LogP contribution in [0.4, 0.5) is 0 Å². The van der Waals surface area contributed by atoms with Crippen LogP contribution in [0, 0.1) is 0 Å². The largest absolute Gasteiger partial charge is 0.503 e. The highest BCUT2D eigenvalue weighted by molar-refractivity contribution is 6.31. The second-order valence-corrected chi connectivity index (χ2v) is 11.2. The molecule has 1 atom stereocenters. The fourth-order valence-corrected chi connectivity index (χ4v) is 4.88. The van der Waals surface area contributed by atoms with Crippen LogP contribution in [0.2, 0.25) is 5.02 Å². The zero-order valence-corrected chi connectivity index (χ0v) is 23.4. The molecule has 4 rings (SSSR count). The number of aliphatic hydroxyl groups excluding tert-OH is 1. The van der Waals surface area contributed by atoms with Gasteiger partial charge in [0, 0.05) is 29.6 Å². The minimum atomic E-state index is -0.776. The molecule has 3 aromatic rings. The van der Waals surface area contributed by atoms with Gasteiger partial charge in [-0.3, -0.25) is 9.59 Å². The molecule has 7 nitrogen and oxygen atoms in total. The third kappa shape index (κ3) is 5.45. The van der Waals surface area contributed by atoms with Crippen molar-refractivity contribution >= 4 is 34.3 Å². The summed E-state index contributed by atoms with van der Waals surface area (Å²) in [6.07, 6.45) is 0.613. The monoisotopic (exact) mass is 539 g/mol. The molecule has 0 aliphatic carbocycles. The van der Waals surface area contributed by atoms with Gasteiger partial charge in [0.15, 0.2) is 22.9 Å². The number of hydrogen-bond acceptors (Lipinski definition) is 6. The number of ketones is 1. The van der Waals surface area contributed by atoms with Gasteiger partial charge in [0.2, 0.25) is 5.78 Å². The van der Waals surface area contributed by atoms with E-state index in [1.165, 1.54) is 12.0 Å². The van der Waals surface area contributed by atoms with Gasteiger partial charge in [-0.25, -0.2) is 0 Å². The zero-order chi connectivity index (χ0) is 27.8. The number of hydrogen-bond donors (Lipinski definition) is 1. The van der Waals surface area contributed by atoms with Crippen LogP contribution >= 0.6 is 11.6 Å². The predicted molar refractivity (Wildman–Crippen MR) is 147 cm³/mol. The highest BCUT2D eigenvalue weighted by atomic mass is 35.5. The molecule has 202 valence electrons. The molecule has 2 aromatic carbocycles. The highest BCUT2D eigenvalue weighted by Gasteiger charge is 2.44. The van der Waals surface area contributed by atoms with Crippen LogP contribution < -0.4 is 4.74 Å². The molecule has 0 saturated heterocycles. The average Bonchev–Trinajstić information content (AvgIpc) is 3.39. The topological polar surface area (TPSA) is 89.2 Å². The molecule has 0 radical (unpaired) electrons. The van der Waals surface area contributed by atoms with Crippen molar-refractivity contribution in [3.63, 3.8) is 0 Å². The van der Waals surface area contributed by atoms with Crippen molar-refractivity contribution in [1.29, 1.82) is 0 Å². The molecule has 38 heavy (non-hydrogen) atoms. The van der Waals surface area contributed by atoms with Crippen LogP contribution in [0.15, 0.2) is 58.2 Å². The molecule has 1 amide bonds. The Labute approximate surface area is 228 Å². The maximum atomic E-state index is 13.8. The summed E-state index contributed by atoms with van der Waals surface area (Å²) in [6.45, 7) is 11.0. The summed E-state index contributed by atoms with van der Waals surface area (Å²) in [5.74, 6) is -1.38. The molecule has 1 N–H and O–H groups in total. The standard InChI is InChI=1S/C30H34ClNO6/c1-17(2)37-13-7-12-32-25(18-8-10-20(11-9-18)30(3,4)5)24(27(34)29(32)35)26(33)22-15-19-14-21(31)16-23(36-6)28(19)38-22/h8-11,14-17,25,34H,7,12-13H2,1-6H3. The Morgan fingerprint density at radius 3 is 2.45 bits per heavy atom. The first-order valence-electron chi connectivity index (χ1n) is 12.7. The number of carbonyl (C=O) groups is 2. The van der Waals surface area contributed by atoms with Gasteiger partial charge in [-0.2, -0.15) is 0 Å². The normalized spacial score (nSPS) is 16.3. The molecule has 2 heterocycles. The molecule has 1 aliphatic heterocycles. The van der Waals surface area contributed by atoms with E-state index in [0.29, 0.717) is 41.3 Å². The fourth-order valence-electron chi connectivity index (χ4n) is 4.66. The van der Waals surface area contributed by atoms with Crippen molar-refractivity contribution in [2.24, 2.45) is 0 Å². The first kappa shape index (κ1) is 27.7. The Hall–Kier alpha value is -3.29. The number of fused-ring (bicyclic) bond motifs is 1. The molecule has 1 unspecified atom stereocenters. The van der Waals surface area contributed by atoms with Gasteiger partial charge in [-0.1, -0.05) is 56.6 Å². The van der Waals surface area contributed by atoms with Crippen LogP contribution in [-0.2, 0) is 14.9 Å². The van der Waals surface area contributed by atoms with E-state index in [-0.39, 0.29) is 22.9 Å².